The van der Waals surface area contributed by atoms with Crippen LogP contribution >= 0.6 is 24.0 Å². The zero-order valence-electron chi connectivity index (χ0n) is 18.2. The molecule has 32 heavy (non-hydrogen) atoms. The van der Waals surface area contributed by atoms with Crippen molar-refractivity contribution in [2.45, 2.75) is 19.3 Å². The number of halogens is 4. The van der Waals surface area contributed by atoms with E-state index in [1.165, 1.54) is 12.1 Å². The molecule has 0 aromatic heterocycles. The Labute approximate surface area is 202 Å². The molecular formula is C21H27F3IN3O4. The maximum atomic E-state index is 12.2. The second-order valence-corrected chi connectivity index (χ2v) is 6.35. The molecule has 0 saturated heterocycles. The summed E-state index contributed by atoms with van der Waals surface area (Å²) in [6.07, 6.45) is -4.37. The number of hydrogen-bond acceptors (Lipinski definition) is 5. The molecule has 11 heteroatoms. The number of alkyl halides is 3. The van der Waals surface area contributed by atoms with Crippen LogP contribution < -0.4 is 29.6 Å². The van der Waals surface area contributed by atoms with E-state index in [9.17, 15) is 13.2 Å². The highest BCUT2D eigenvalue weighted by atomic mass is 127. The smallest absolute Gasteiger partial charge is 0.422 e. The lowest BCUT2D eigenvalue weighted by Crippen LogP contribution is -2.36. The lowest BCUT2D eigenvalue weighted by Gasteiger charge is -2.16. The molecule has 0 atom stereocenters. The molecule has 0 bridgehead atoms. The topological polar surface area (TPSA) is 73.3 Å². The minimum absolute atomic E-state index is 0. The molecule has 178 valence electrons. The van der Waals surface area contributed by atoms with Crippen molar-refractivity contribution >= 4 is 29.9 Å². The van der Waals surface area contributed by atoms with Crippen LogP contribution in [0.25, 0.3) is 0 Å². The summed E-state index contributed by atoms with van der Waals surface area (Å²) in [7, 11) is 6.31. The summed E-state index contributed by atoms with van der Waals surface area (Å²) >= 11 is 0. The Morgan fingerprint density at radius 1 is 0.875 bits per heavy atom. The predicted octanol–water partition coefficient (Wildman–Crippen LogP) is 4.14. The first kappa shape index (κ1) is 27.5. The van der Waals surface area contributed by atoms with E-state index in [1.807, 2.05) is 6.07 Å². The molecule has 2 N–H and O–H groups in total. The summed E-state index contributed by atoms with van der Waals surface area (Å²) in [5, 5.41) is 6.32. The van der Waals surface area contributed by atoms with Gasteiger partial charge in [0, 0.05) is 31.8 Å². The Bertz CT molecular complexity index is 878. The second kappa shape index (κ2) is 13.1. The summed E-state index contributed by atoms with van der Waals surface area (Å²) in [6, 6.07) is 9.92. The molecule has 2 aromatic rings. The van der Waals surface area contributed by atoms with Crippen molar-refractivity contribution in [3.8, 4) is 23.0 Å². The normalized spacial score (nSPS) is 11.3. The van der Waals surface area contributed by atoms with Crippen LogP contribution in [0.5, 0.6) is 23.0 Å². The van der Waals surface area contributed by atoms with Gasteiger partial charge in [0.25, 0.3) is 0 Å². The molecule has 0 aliphatic rings. The summed E-state index contributed by atoms with van der Waals surface area (Å²) in [4.78, 5) is 4.17. The number of hydrogen-bond donors (Lipinski definition) is 2. The van der Waals surface area contributed by atoms with Gasteiger partial charge in [-0.2, -0.15) is 13.2 Å². The van der Waals surface area contributed by atoms with Gasteiger partial charge in [-0.15, -0.1) is 24.0 Å². The van der Waals surface area contributed by atoms with E-state index in [0.29, 0.717) is 36.3 Å². The maximum absolute atomic E-state index is 12.2. The highest BCUT2D eigenvalue weighted by molar-refractivity contribution is 14.0. The minimum atomic E-state index is -4.37. The molecule has 0 amide bonds. The molecule has 0 fully saturated rings. The van der Waals surface area contributed by atoms with Crippen LogP contribution in [0, 0.1) is 0 Å². The number of rotatable bonds is 9. The lowest BCUT2D eigenvalue weighted by molar-refractivity contribution is -0.153. The predicted molar refractivity (Wildman–Crippen MR) is 127 cm³/mol. The van der Waals surface area contributed by atoms with E-state index >= 15 is 0 Å². The molecule has 0 saturated carbocycles. The Balaban J connectivity index is 0.00000512. The van der Waals surface area contributed by atoms with Gasteiger partial charge in [0.15, 0.2) is 24.1 Å². The van der Waals surface area contributed by atoms with Crippen molar-refractivity contribution in [2.24, 2.45) is 4.99 Å². The number of methoxy groups -OCH3 is 3. The van der Waals surface area contributed by atoms with Crippen LogP contribution in [0.1, 0.15) is 11.1 Å². The van der Waals surface area contributed by atoms with Crippen LogP contribution in [-0.2, 0) is 13.1 Å². The molecule has 0 spiro atoms. The van der Waals surface area contributed by atoms with Gasteiger partial charge in [0.1, 0.15) is 11.5 Å². The second-order valence-electron chi connectivity index (χ2n) is 6.35. The van der Waals surface area contributed by atoms with Crippen molar-refractivity contribution in [3.05, 3.63) is 47.5 Å². The fourth-order valence-corrected chi connectivity index (χ4v) is 2.68. The zero-order chi connectivity index (χ0) is 22.9. The van der Waals surface area contributed by atoms with Crippen LogP contribution in [-0.4, -0.2) is 47.1 Å². The summed E-state index contributed by atoms with van der Waals surface area (Å²) < 4.78 is 57.4. The quantitative estimate of drug-likeness (QED) is 0.269. The Morgan fingerprint density at radius 2 is 1.44 bits per heavy atom. The number of nitrogens with one attached hydrogen (secondary N) is 2. The number of aliphatic imine (C=N–C) groups is 1. The van der Waals surface area contributed by atoms with Crippen LogP contribution in [0.15, 0.2) is 41.4 Å². The highest BCUT2D eigenvalue weighted by Gasteiger charge is 2.28. The molecular weight excluding hydrogens is 542 g/mol. The van der Waals surface area contributed by atoms with Gasteiger partial charge >= 0.3 is 6.18 Å². The van der Waals surface area contributed by atoms with E-state index in [1.54, 1.807) is 46.6 Å². The van der Waals surface area contributed by atoms with E-state index < -0.39 is 12.8 Å². The van der Waals surface area contributed by atoms with Crippen molar-refractivity contribution in [3.63, 3.8) is 0 Å². The third-order valence-corrected chi connectivity index (χ3v) is 4.24. The Morgan fingerprint density at radius 3 is 1.97 bits per heavy atom. The summed E-state index contributed by atoms with van der Waals surface area (Å²) in [6.45, 7) is -0.490. The molecule has 0 aliphatic heterocycles. The number of benzene rings is 2. The number of guanidine groups is 1. The molecule has 7 nitrogen and oxygen atoms in total. The molecule has 0 radical (unpaired) electrons. The lowest BCUT2D eigenvalue weighted by atomic mass is 10.1. The van der Waals surface area contributed by atoms with Crippen molar-refractivity contribution in [1.82, 2.24) is 10.6 Å². The third kappa shape index (κ3) is 8.52. The summed E-state index contributed by atoms with van der Waals surface area (Å²) in [5.41, 5.74) is 1.69. The van der Waals surface area contributed by atoms with Crippen molar-refractivity contribution in [2.75, 3.05) is 35.0 Å². The first-order chi connectivity index (χ1) is 14.8. The maximum Gasteiger partial charge on any atom is 0.422 e. The van der Waals surface area contributed by atoms with Crippen molar-refractivity contribution < 1.29 is 32.1 Å². The third-order valence-electron chi connectivity index (χ3n) is 4.24. The fraction of sp³-hybridized carbons (Fsp3) is 0.381. The molecule has 0 heterocycles. The van der Waals surface area contributed by atoms with Crippen LogP contribution in [0.3, 0.4) is 0 Å². The van der Waals surface area contributed by atoms with E-state index in [0.717, 1.165) is 11.1 Å². The SMILES string of the molecule is CN=C(NCc1ccc(OCC(F)(F)F)cc1)NCc1cc(OC)c(OC)cc1OC.I. The van der Waals surface area contributed by atoms with Gasteiger partial charge in [-0.1, -0.05) is 12.1 Å². The Hall–Kier alpha value is -2.57. The minimum Gasteiger partial charge on any atom is -0.496 e. The van der Waals surface area contributed by atoms with Crippen LogP contribution in [0.4, 0.5) is 13.2 Å². The average Bonchev–Trinajstić information content (AvgIpc) is 2.77. The first-order valence-corrected chi connectivity index (χ1v) is 9.31. The number of ether oxygens (including phenoxy) is 4. The van der Waals surface area contributed by atoms with E-state index in [4.69, 9.17) is 18.9 Å². The zero-order valence-corrected chi connectivity index (χ0v) is 20.5. The average molecular weight is 569 g/mol. The monoisotopic (exact) mass is 569 g/mol. The summed E-state index contributed by atoms with van der Waals surface area (Å²) in [5.74, 6) is 2.47. The van der Waals surface area contributed by atoms with E-state index in [-0.39, 0.29) is 29.7 Å². The van der Waals surface area contributed by atoms with Crippen LogP contribution in [0.2, 0.25) is 0 Å². The van der Waals surface area contributed by atoms with Crippen molar-refractivity contribution in [1.29, 1.82) is 0 Å². The van der Waals surface area contributed by atoms with Gasteiger partial charge in [-0.25, -0.2) is 0 Å². The van der Waals surface area contributed by atoms with Gasteiger partial charge in [-0.05, 0) is 23.8 Å². The highest BCUT2D eigenvalue weighted by Crippen LogP contribution is 2.34. The molecule has 0 aliphatic carbocycles. The van der Waals surface area contributed by atoms with Gasteiger partial charge < -0.3 is 29.6 Å². The largest absolute Gasteiger partial charge is 0.496 e. The number of nitrogens with zero attached hydrogens (tertiary/aromatic N) is 1. The van der Waals surface area contributed by atoms with Gasteiger partial charge in [-0.3, -0.25) is 4.99 Å². The van der Waals surface area contributed by atoms with Gasteiger partial charge in [0.2, 0.25) is 0 Å². The molecule has 2 aromatic carbocycles. The molecule has 0 unspecified atom stereocenters. The van der Waals surface area contributed by atoms with E-state index in [2.05, 4.69) is 15.6 Å². The Kier molecular flexibility index (Phi) is 11.2. The fourth-order valence-electron chi connectivity index (χ4n) is 2.68. The first-order valence-electron chi connectivity index (χ1n) is 9.31. The standard InChI is InChI=1S/C21H26F3N3O4.HI/c1-25-20(26-11-14-5-7-16(8-6-14)31-13-21(22,23)24)27-12-15-9-18(29-3)19(30-4)10-17(15)28-2;/h5-10H,11-13H2,1-4H3,(H2,25,26,27);1H. The van der Waals surface area contributed by atoms with Gasteiger partial charge in [0.05, 0.1) is 21.3 Å². The molecule has 2 rings (SSSR count).